The van der Waals surface area contributed by atoms with Crippen LogP contribution >= 0.6 is 0 Å². The van der Waals surface area contributed by atoms with Crippen molar-refractivity contribution >= 4 is 15.7 Å². The molecular formula is C13H13N3O5S. The van der Waals surface area contributed by atoms with Gasteiger partial charge in [0.1, 0.15) is 0 Å². The van der Waals surface area contributed by atoms with Crippen molar-refractivity contribution in [2.24, 2.45) is 7.05 Å². The third kappa shape index (κ3) is 3.38. The van der Waals surface area contributed by atoms with Gasteiger partial charge in [0.25, 0.3) is 11.2 Å². The number of rotatable bonds is 5. The molecule has 0 spiro atoms. The predicted molar refractivity (Wildman–Crippen MR) is 78.8 cm³/mol. The third-order valence-electron chi connectivity index (χ3n) is 2.99. The van der Waals surface area contributed by atoms with Crippen molar-refractivity contribution in [1.29, 1.82) is 0 Å². The minimum Gasteiger partial charge on any atom is -0.318 e. The van der Waals surface area contributed by atoms with E-state index in [1.54, 1.807) is 19.3 Å². The number of nitro benzene ring substituents is 1. The van der Waals surface area contributed by atoms with Gasteiger partial charge in [0.15, 0.2) is 0 Å². The molecule has 22 heavy (non-hydrogen) atoms. The molecule has 0 bridgehead atoms. The summed E-state index contributed by atoms with van der Waals surface area (Å²) in [5, 5.41) is 10.7. The SMILES string of the molecule is Cn1cccc(CNS(=O)(=O)c2cccc([N+](=O)[O-])c2)c1=O. The Morgan fingerprint density at radius 2 is 2.00 bits per heavy atom. The average Bonchev–Trinajstić information content (AvgIpc) is 2.49. The van der Waals surface area contributed by atoms with E-state index in [2.05, 4.69) is 4.72 Å². The van der Waals surface area contributed by atoms with Crippen LogP contribution in [0.5, 0.6) is 0 Å². The van der Waals surface area contributed by atoms with E-state index >= 15 is 0 Å². The van der Waals surface area contributed by atoms with Crippen LogP contribution in [-0.2, 0) is 23.6 Å². The first-order valence-corrected chi connectivity index (χ1v) is 7.68. The summed E-state index contributed by atoms with van der Waals surface area (Å²) >= 11 is 0. The Balaban J connectivity index is 2.25. The average molecular weight is 323 g/mol. The Kier molecular flexibility index (Phi) is 4.38. The highest BCUT2D eigenvalue weighted by atomic mass is 32.2. The molecule has 1 aromatic carbocycles. The molecule has 0 amide bonds. The van der Waals surface area contributed by atoms with E-state index in [-0.39, 0.29) is 28.3 Å². The standard InChI is InChI=1S/C13H13N3O5S/c1-15-7-3-4-10(13(15)17)9-14-22(20,21)12-6-2-5-11(8-12)16(18)19/h2-8,14H,9H2,1H3. The summed E-state index contributed by atoms with van der Waals surface area (Å²) in [4.78, 5) is 21.6. The molecule has 1 N–H and O–H groups in total. The van der Waals surface area contributed by atoms with Gasteiger partial charge in [-0.25, -0.2) is 13.1 Å². The first-order chi connectivity index (χ1) is 10.3. The van der Waals surface area contributed by atoms with Crippen molar-refractivity contribution in [3.63, 3.8) is 0 Å². The Morgan fingerprint density at radius 1 is 1.27 bits per heavy atom. The summed E-state index contributed by atoms with van der Waals surface area (Å²) in [5.41, 5.74) is -0.359. The fourth-order valence-electron chi connectivity index (χ4n) is 1.81. The highest BCUT2D eigenvalue weighted by Gasteiger charge is 2.17. The second-order valence-electron chi connectivity index (χ2n) is 4.53. The van der Waals surface area contributed by atoms with Gasteiger partial charge >= 0.3 is 0 Å². The molecule has 0 aliphatic rings. The van der Waals surface area contributed by atoms with Gasteiger partial charge in [-0.05, 0) is 12.1 Å². The summed E-state index contributed by atoms with van der Waals surface area (Å²) in [6, 6.07) is 7.83. The van der Waals surface area contributed by atoms with Crippen LogP contribution in [0.1, 0.15) is 5.56 Å². The largest absolute Gasteiger partial charge is 0.318 e. The lowest BCUT2D eigenvalue weighted by atomic mass is 10.3. The molecule has 1 heterocycles. The van der Waals surface area contributed by atoms with Crippen LogP contribution in [0, 0.1) is 10.1 Å². The van der Waals surface area contributed by atoms with Crippen LogP contribution in [-0.4, -0.2) is 17.9 Å². The lowest BCUT2D eigenvalue weighted by molar-refractivity contribution is -0.385. The molecule has 0 atom stereocenters. The zero-order valence-electron chi connectivity index (χ0n) is 11.6. The van der Waals surface area contributed by atoms with Gasteiger partial charge in [-0.3, -0.25) is 14.9 Å². The second-order valence-corrected chi connectivity index (χ2v) is 6.30. The van der Waals surface area contributed by atoms with Gasteiger partial charge in [-0.1, -0.05) is 12.1 Å². The molecule has 8 nitrogen and oxygen atoms in total. The number of benzene rings is 1. The van der Waals surface area contributed by atoms with E-state index in [1.807, 2.05) is 0 Å². The number of pyridine rings is 1. The maximum atomic E-state index is 12.1. The maximum Gasteiger partial charge on any atom is 0.270 e. The third-order valence-corrected chi connectivity index (χ3v) is 4.39. The fraction of sp³-hybridized carbons (Fsp3) is 0.154. The number of aryl methyl sites for hydroxylation is 1. The predicted octanol–water partition coefficient (Wildman–Crippen LogP) is 0.772. The lowest BCUT2D eigenvalue weighted by Gasteiger charge is -2.07. The minimum atomic E-state index is -3.95. The van der Waals surface area contributed by atoms with Gasteiger partial charge in [-0.15, -0.1) is 0 Å². The zero-order chi connectivity index (χ0) is 16.3. The van der Waals surface area contributed by atoms with E-state index in [9.17, 15) is 23.3 Å². The van der Waals surface area contributed by atoms with Gasteiger partial charge in [0.2, 0.25) is 10.0 Å². The molecule has 116 valence electrons. The van der Waals surface area contributed by atoms with Gasteiger partial charge in [0.05, 0.1) is 9.82 Å². The van der Waals surface area contributed by atoms with E-state index < -0.39 is 14.9 Å². The van der Waals surface area contributed by atoms with Gasteiger partial charge in [0, 0.05) is 37.5 Å². The molecule has 0 aliphatic heterocycles. The quantitative estimate of drug-likeness (QED) is 0.645. The fourth-order valence-corrected chi connectivity index (χ4v) is 2.85. The van der Waals surface area contributed by atoms with Crippen molar-refractivity contribution in [2.45, 2.75) is 11.4 Å². The Labute approximate surface area is 126 Å². The van der Waals surface area contributed by atoms with Crippen LogP contribution in [0.4, 0.5) is 5.69 Å². The van der Waals surface area contributed by atoms with Crippen LogP contribution < -0.4 is 10.3 Å². The van der Waals surface area contributed by atoms with E-state index in [1.165, 1.54) is 28.8 Å². The molecule has 0 saturated heterocycles. The lowest BCUT2D eigenvalue weighted by Crippen LogP contribution is -2.28. The van der Waals surface area contributed by atoms with E-state index in [0.29, 0.717) is 0 Å². The number of nitrogens with zero attached hydrogens (tertiary/aromatic N) is 2. The number of sulfonamides is 1. The Bertz CT molecular complexity index is 873. The van der Waals surface area contributed by atoms with Crippen molar-refractivity contribution in [2.75, 3.05) is 0 Å². The maximum absolute atomic E-state index is 12.1. The monoisotopic (exact) mass is 323 g/mol. The van der Waals surface area contributed by atoms with Crippen molar-refractivity contribution < 1.29 is 13.3 Å². The van der Waals surface area contributed by atoms with Crippen LogP contribution in [0.3, 0.4) is 0 Å². The summed E-state index contributed by atoms with van der Waals surface area (Å²) in [5.74, 6) is 0. The molecule has 0 fully saturated rings. The molecule has 1 aromatic heterocycles. The van der Waals surface area contributed by atoms with E-state index in [4.69, 9.17) is 0 Å². The number of hydrogen-bond donors (Lipinski definition) is 1. The first-order valence-electron chi connectivity index (χ1n) is 6.20. The topological polar surface area (TPSA) is 111 Å². The smallest absolute Gasteiger partial charge is 0.270 e. The van der Waals surface area contributed by atoms with Crippen molar-refractivity contribution in [3.8, 4) is 0 Å². The molecule has 2 aromatic rings. The molecule has 9 heteroatoms. The number of hydrogen-bond acceptors (Lipinski definition) is 5. The Morgan fingerprint density at radius 3 is 2.68 bits per heavy atom. The van der Waals surface area contributed by atoms with Crippen molar-refractivity contribution in [3.05, 3.63) is 68.6 Å². The molecular weight excluding hydrogens is 310 g/mol. The second kappa shape index (κ2) is 6.08. The molecule has 0 unspecified atom stereocenters. The van der Waals surface area contributed by atoms with Crippen molar-refractivity contribution in [1.82, 2.24) is 9.29 Å². The van der Waals surface area contributed by atoms with Gasteiger partial charge in [-0.2, -0.15) is 0 Å². The molecule has 0 saturated carbocycles. The molecule has 0 aliphatic carbocycles. The van der Waals surface area contributed by atoms with Gasteiger partial charge < -0.3 is 4.57 Å². The normalized spacial score (nSPS) is 11.3. The van der Waals surface area contributed by atoms with E-state index in [0.717, 1.165) is 6.07 Å². The summed E-state index contributed by atoms with van der Waals surface area (Å²) in [7, 11) is -2.39. The number of nitrogens with one attached hydrogen (secondary N) is 1. The van der Waals surface area contributed by atoms with Crippen LogP contribution in [0.2, 0.25) is 0 Å². The number of non-ortho nitro benzene ring substituents is 1. The summed E-state index contributed by atoms with van der Waals surface area (Å²) in [6.07, 6.45) is 1.56. The van der Waals surface area contributed by atoms with Crippen LogP contribution in [0.25, 0.3) is 0 Å². The Hall–Kier alpha value is -2.52. The van der Waals surface area contributed by atoms with Crippen LogP contribution in [0.15, 0.2) is 52.3 Å². The molecule has 0 radical (unpaired) electrons. The number of nitro groups is 1. The number of aromatic nitrogens is 1. The highest BCUT2D eigenvalue weighted by Crippen LogP contribution is 2.17. The first kappa shape index (κ1) is 15.9. The highest BCUT2D eigenvalue weighted by molar-refractivity contribution is 7.89. The molecule has 2 rings (SSSR count). The zero-order valence-corrected chi connectivity index (χ0v) is 12.4. The minimum absolute atomic E-state index is 0.196. The summed E-state index contributed by atoms with van der Waals surface area (Å²) in [6.45, 7) is -0.196. The summed E-state index contributed by atoms with van der Waals surface area (Å²) < 4.78 is 27.9.